The first-order chi connectivity index (χ1) is 8.83. The Hall–Kier alpha value is -1.88. The lowest BCUT2D eigenvalue weighted by atomic mass is 10.1. The third kappa shape index (κ3) is 2.22. The molecule has 94 valence electrons. The average Bonchev–Trinajstić information content (AvgIpc) is 2.89. The zero-order valence-electron chi connectivity index (χ0n) is 10.4. The van der Waals surface area contributed by atoms with Gasteiger partial charge in [0.15, 0.2) is 0 Å². The summed E-state index contributed by atoms with van der Waals surface area (Å²) in [6, 6.07) is 8.09. The van der Waals surface area contributed by atoms with Gasteiger partial charge in [0.25, 0.3) is 11.8 Å². The van der Waals surface area contributed by atoms with Crippen LogP contribution in [-0.2, 0) is 0 Å². The summed E-state index contributed by atoms with van der Waals surface area (Å²) >= 11 is 0. The zero-order chi connectivity index (χ0) is 12.4. The van der Waals surface area contributed by atoms with Gasteiger partial charge in [0.2, 0.25) is 0 Å². The summed E-state index contributed by atoms with van der Waals surface area (Å²) < 4.78 is 5.34. The van der Waals surface area contributed by atoms with Crippen molar-refractivity contribution in [1.82, 2.24) is 15.5 Å². The molecule has 1 aromatic carbocycles. The number of nitrogens with zero attached hydrogens (tertiary/aromatic N) is 3. The van der Waals surface area contributed by atoms with E-state index in [1.807, 2.05) is 12.1 Å². The van der Waals surface area contributed by atoms with Gasteiger partial charge in [-0.1, -0.05) is 17.7 Å². The monoisotopic (exact) mass is 244 g/mol. The van der Waals surface area contributed by atoms with E-state index in [1.165, 1.54) is 5.56 Å². The van der Waals surface area contributed by atoms with Gasteiger partial charge in [0.1, 0.15) is 0 Å². The SMILES string of the molecule is Cc1cccc(-c2nc(N3CCNCC3)no2)c1. The van der Waals surface area contributed by atoms with E-state index < -0.39 is 0 Å². The van der Waals surface area contributed by atoms with Crippen molar-refractivity contribution in [3.05, 3.63) is 29.8 Å². The van der Waals surface area contributed by atoms with Crippen molar-refractivity contribution >= 4 is 5.95 Å². The molecule has 0 radical (unpaired) electrons. The number of nitrogens with one attached hydrogen (secondary N) is 1. The molecule has 0 saturated carbocycles. The Labute approximate surface area is 106 Å². The van der Waals surface area contributed by atoms with E-state index in [-0.39, 0.29) is 0 Å². The van der Waals surface area contributed by atoms with Crippen LogP contribution in [0.15, 0.2) is 28.8 Å². The predicted molar refractivity (Wildman–Crippen MR) is 69.6 cm³/mol. The summed E-state index contributed by atoms with van der Waals surface area (Å²) in [6.45, 7) is 5.83. The molecule has 1 N–H and O–H groups in total. The van der Waals surface area contributed by atoms with E-state index in [0.717, 1.165) is 31.7 Å². The maximum absolute atomic E-state index is 5.34. The minimum absolute atomic E-state index is 0.590. The lowest BCUT2D eigenvalue weighted by Crippen LogP contribution is -2.44. The van der Waals surface area contributed by atoms with Crippen LogP contribution in [0.2, 0.25) is 0 Å². The maximum Gasteiger partial charge on any atom is 0.266 e. The van der Waals surface area contributed by atoms with E-state index >= 15 is 0 Å². The van der Waals surface area contributed by atoms with Crippen LogP contribution >= 0.6 is 0 Å². The van der Waals surface area contributed by atoms with Crippen molar-refractivity contribution in [3.63, 3.8) is 0 Å². The van der Waals surface area contributed by atoms with Gasteiger partial charge in [-0.15, -0.1) is 0 Å². The molecular weight excluding hydrogens is 228 g/mol. The number of aryl methyl sites for hydroxylation is 1. The van der Waals surface area contributed by atoms with Gasteiger partial charge in [-0.3, -0.25) is 0 Å². The van der Waals surface area contributed by atoms with Crippen molar-refractivity contribution in [3.8, 4) is 11.5 Å². The highest BCUT2D eigenvalue weighted by Crippen LogP contribution is 2.21. The van der Waals surface area contributed by atoms with Gasteiger partial charge in [0.05, 0.1) is 0 Å². The van der Waals surface area contributed by atoms with Gasteiger partial charge in [-0.05, 0) is 24.2 Å². The fourth-order valence-electron chi connectivity index (χ4n) is 2.10. The summed E-state index contributed by atoms with van der Waals surface area (Å²) in [7, 11) is 0. The molecule has 2 heterocycles. The maximum atomic E-state index is 5.34. The summed E-state index contributed by atoms with van der Waals surface area (Å²) in [4.78, 5) is 6.60. The van der Waals surface area contributed by atoms with Gasteiger partial charge in [-0.25, -0.2) is 0 Å². The van der Waals surface area contributed by atoms with Crippen LogP contribution in [0.4, 0.5) is 5.95 Å². The molecule has 3 rings (SSSR count). The molecule has 1 aliphatic heterocycles. The van der Waals surface area contributed by atoms with Gasteiger partial charge >= 0.3 is 0 Å². The Morgan fingerprint density at radius 2 is 2.11 bits per heavy atom. The quantitative estimate of drug-likeness (QED) is 0.866. The first-order valence-corrected chi connectivity index (χ1v) is 6.19. The van der Waals surface area contributed by atoms with Crippen LogP contribution in [0.1, 0.15) is 5.56 Å². The third-order valence-corrected chi connectivity index (χ3v) is 3.08. The molecule has 0 unspecified atom stereocenters. The van der Waals surface area contributed by atoms with Crippen molar-refractivity contribution < 1.29 is 4.52 Å². The molecule has 0 atom stereocenters. The van der Waals surface area contributed by atoms with Gasteiger partial charge in [-0.2, -0.15) is 4.98 Å². The van der Waals surface area contributed by atoms with Gasteiger partial charge in [0, 0.05) is 31.7 Å². The molecule has 0 bridgehead atoms. The van der Waals surface area contributed by atoms with E-state index in [2.05, 4.69) is 39.4 Å². The van der Waals surface area contributed by atoms with Crippen molar-refractivity contribution in [2.45, 2.75) is 6.92 Å². The van der Waals surface area contributed by atoms with Crippen LogP contribution in [0.5, 0.6) is 0 Å². The highest BCUT2D eigenvalue weighted by atomic mass is 16.5. The number of hydrogen-bond donors (Lipinski definition) is 1. The number of anilines is 1. The molecule has 5 heteroatoms. The fourth-order valence-corrected chi connectivity index (χ4v) is 2.10. The minimum atomic E-state index is 0.590. The van der Waals surface area contributed by atoms with E-state index in [9.17, 15) is 0 Å². The number of aromatic nitrogens is 2. The molecule has 0 amide bonds. The molecule has 0 spiro atoms. The predicted octanol–water partition coefficient (Wildman–Crippen LogP) is 1.45. The van der Waals surface area contributed by atoms with Crippen LogP contribution < -0.4 is 10.2 Å². The molecule has 5 nitrogen and oxygen atoms in total. The molecule has 1 aliphatic rings. The highest BCUT2D eigenvalue weighted by molar-refractivity contribution is 5.55. The van der Waals surface area contributed by atoms with Crippen LogP contribution in [-0.4, -0.2) is 36.3 Å². The Morgan fingerprint density at radius 3 is 2.89 bits per heavy atom. The zero-order valence-corrected chi connectivity index (χ0v) is 10.4. The minimum Gasteiger partial charge on any atom is -0.336 e. The van der Waals surface area contributed by atoms with Crippen molar-refractivity contribution in [2.75, 3.05) is 31.1 Å². The number of rotatable bonds is 2. The van der Waals surface area contributed by atoms with Gasteiger partial charge < -0.3 is 14.7 Å². The summed E-state index contributed by atoms with van der Waals surface area (Å²) in [5.41, 5.74) is 2.17. The molecule has 18 heavy (non-hydrogen) atoms. The topological polar surface area (TPSA) is 54.2 Å². The van der Waals surface area contributed by atoms with E-state index in [1.54, 1.807) is 0 Å². The second-order valence-electron chi connectivity index (χ2n) is 4.51. The largest absolute Gasteiger partial charge is 0.336 e. The third-order valence-electron chi connectivity index (χ3n) is 3.08. The second kappa shape index (κ2) is 4.78. The Morgan fingerprint density at radius 1 is 1.28 bits per heavy atom. The second-order valence-corrected chi connectivity index (χ2v) is 4.51. The fraction of sp³-hybridized carbons (Fsp3) is 0.385. The summed E-state index contributed by atoms with van der Waals surface area (Å²) in [6.07, 6.45) is 0. The number of benzene rings is 1. The molecule has 0 aliphatic carbocycles. The number of hydrogen-bond acceptors (Lipinski definition) is 5. The lowest BCUT2D eigenvalue weighted by molar-refractivity contribution is 0.427. The smallest absolute Gasteiger partial charge is 0.266 e. The van der Waals surface area contributed by atoms with Crippen molar-refractivity contribution in [2.24, 2.45) is 0 Å². The molecular formula is C13H16N4O. The summed E-state index contributed by atoms with van der Waals surface area (Å²) in [5, 5.41) is 7.36. The first-order valence-electron chi connectivity index (χ1n) is 6.19. The average molecular weight is 244 g/mol. The Kier molecular flexibility index (Phi) is 2.98. The molecule has 1 saturated heterocycles. The van der Waals surface area contributed by atoms with E-state index in [0.29, 0.717) is 11.8 Å². The number of piperazine rings is 1. The van der Waals surface area contributed by atoms with Crippen molar-refractivity contribution in [1.29, 1.82) is 0 Å². The van der Waals surface area contributed by atoms with Crippen LogP contribution in [0.3, 0.4) is 0 Å². The highest BCUT2D eigenvalue weighted by Gasteiger charge is 2.17. The van der Waals surface area contributed by atoms with Crippen LogP contribution in [0.25, 0.3) is 11.5 Å². The summed E-state index contributed by atoms with van der Waals surface area (Å²) in [5.74, 6) is 1.28. The van der Waals surface area contributed by atoms with Crippen LogP contribution in [0, 0.1) is 6.92 Å². The Bertz CT molecular complexity index is 531. The first kappa shape index (κ1) is 11.2. The Balaban J connectivity index is 1.84. The van der Waals surface area contributed by atoms with E-state index in [4.69, 9.17) is 4.52 Å². The lowest BCUT2D eigenvalue weighted by Gasteiger charge is -2.25. The molecule has 2 aromatic rings. The normalized spacial score (nSPS) is 15.9. The standard InChI is InChI=1S/C13H16N4O/c1-10-3-2-4-11(9-10)12-15-13(16-18-12)17-7-5-14-6-8-17/h2-4,9,14H,5-8H2,1H3. The molecule has 1 fully saturated rings. The molecule has 1 aromatic heterocycles.